The summed E-state index contributed by atoms with van der Waals surface area (Å²) in [6.07, 6.45) is 24.6. The van der Waals surface area contributed by atoms with E-state index in [1.54, 1.807) is 0 Å². The average molecular weight is 353 g/mol. The Morgan fingerprint density at radius 2 is 1.32 bits per heavy atom. The number of carboxylic acid groups (broad SMARTS) is 1. The van der Waals surface area contributed by atoms with Crippen molar-refractivity contribution in [3.05, 3.63) is 12.2 Å². The summed E-state index contributed by atoms with van der Waals surface area (Å²) in [4.78, 5) is 10.4. The molecule has 0 amide bonds. The van der Waals surface area contributed by atoms with Gasteiger partial charge >= 0.3 is 5.97 Å². The van der Waals surface area contributed by atoms with Crippen LogP contribution in [-0.4, -0.2) is 23.3 Å². The summed E-state index contributed by atoms with van der Waals surface area (Å²) >= 11 is 0. The molecule has 0 saturated carbocycles. The number of carboxylic acids is 1. The number of aliphatic carboxylic acids is 1. The lowest BCUT2D eigenvalue weighted by Gasteiger charge is -2.02. The van der Waals surface area contributed by atoms with Gasteiger partial charge in [0.15, 0.2) is 0 Å². The third-order valence-electron chi connectivity index (χ3n) is 5.08. The molecule has 3 nitrogen and oxygen atoms in total. The zero-order valence-corrected chi connectivity index (χ0v) is 16.4. The molecule has 1 aliphatic heterocycles. The van der Waals surface area contributed by atoms with Crippen LogP contribution >= 0.6 is 0 Å². The van der Waals surface area contributed by atoms with Gasteiger partial charge in [-0.2, -0.15) is 0 Å². The smallest absolute Gasteiger partial charge is 0.303 e. The van der Waals surface area contributed by atoms with E-state index in [4.69, 9.17) is 9.84 Å². The number of allylic oxidation sites excluding steroid dienone is 2. The van der Waals surface area contributed by atoms with Crippen LogP contribution in [-0.2, 0) is 9.53 Å². The van der Waals surface area contributed by atoms with Crippen LogP contribution in [0.5, 0.6) is 0 Å². The monoisotopic (exact) mass is 352 g/mol. The van der Waals surface area contributed by atoms with E-state index in [2.05, 4.69) is 19.1 Å². The molecule has 1 heterocycles. The predicted octanol–water partition coefficient (Wildman–Crippen LogP) is 6.66. The number of carbonyl (C=O) groups is 1. The van der Waals surface area contributed by atoms with Crippen molar-refractivity contribution in [3.8, 4) is 0 Å². The first-order valence-electron chi connectivity index (χ1n) is 10.8. The number of epoxide rings is 1. The summed E-state index contributed by atoms with van der Waals surface area (Å²) in [7, 11) is 0. The van der Waals surface area contributed by atoms with Gasteiger partial charge in [-0.3, -0.25) is 4.79 Å². The highest BCUT2D eigenvalue weighted by molar-refractivity contribution is 5.66. The SMILES string of the molecule is CCC=CCCCCC1OC1CCCCCCCCCCCC(=O)O. The van der Waals surface area contributed by atoms with E-state index in [1.807, 2.05) is 0 Å². The summed E-state index contributed by atoms with van der Waals surface area (Å²) in [5.74, 6) is -0.661. The van der Waals surface area contributed by atoms with Gasteiger partial charge in [-0.05, 0) is 38.5 Å². The maximum Gasteiger partial charge on any atom is 0.303 e. The molecule has 1 aliphatic rings. The summed E-state index contributed by atoms with van der Waals surface area (Å²) in [6.45, 7) is 2.18. The third kappa shape index (κ3) is 14.1. The lowest BCUT2D eigenvalue weighted by atomic mass is 10.0. The first kappa shape index (κ1) is 22.2. The molecule has 2 unspecified atom stereocenters. The Morgan fingerprint density at radius 3 is 1.88 bits per heavy atom. The van der Waals surface area contributed by atoms with Crippen molar-refractivity contribution in [2.24, 2.45) is 0 Å². The molecule has 3 heteroatoms. The van der Waals surface area contributed by atoms with Crippen molar-refractivity contribution in [1.29, 1.82) is 0 Å². The molecule has 0 aliphatic carbocycles. The fourth-order valence-electron chi connectivity index (χ4n) is 3.44. The molecule has 0 spiro atoms. The maximum atomic E-state index is 10.4. The van der Waals surface area contributed by atoms with Crippen LogP contribution in [0.25, 0.3) is 0 Å². The molecule has 1 N–H and O–H groups in total. The van der Waals surface area contributed by atoms with Crippen LogP contribution in [0.2, 0.25) is 0 Å². The maximum absolute atomic E-state index is 10.4. The normalized spacial score (nSPS) is 19.6. The standard InChI is InChI=1S/C22H40O3/c1-2-3-4-5-11-14-17-20-21(25-20)18-15-12-9-7-6-8-10-13-16-19-22(23)24/h3-4,20-21H,2,5-19H2,1H3,(H,23,24). The molecule has 0 aromatic carbocycles. The summed E-state index contributed by atoms with van der Waals surface area (Å²) in [6, 6.07) is 0. The zero-order chi connectivity index (χ0) is 18.2. The predicted molar refractivity (Wildman–Crippen MR) is 105 cm³/mol. The Kier molecular flexibility index (Phi) is 13.7. The van der Waals surface area contributed by atoms with E-state index in [0.29, 0.717) is 18.6 Å². The largest absolute Gasteiger partial charge is 0.481 e. The van der Waals surface area contributed by atoms with Gasteiger partial charge in [0.1, 0.15) is 0 Å². The van der Waals surface area contributed by atoms with Crippen molar-refractivity contribution < 1.29 is 14.6 Å². The molecule has 0 aromatic rings. The number of unbranched alkanes of at least 4 members (excludes halogenated alkanes) is 10. The molecule has 1 rings (SSSR count). The van der Waals surface area contributed by atoms with Gasteiger partial charge in [-0.25, -0.2) is 0 Å². The highest BCUT2D eigenvalue weighted by Gasteiger charge is 2.36. The Labute approximate surface area is 155 Å². The first-order valence-corrected chi connectivity index (χ1v) is 10.8. The topological polar surface area (TPSA) is 49.8 Å². The average Bonchev–Trinajstić information content (AvgIpc) is 3.34. The zero-order valence-electron chi connectivity index (χ0n) is 16.4. The number of rotatable bonds is 18. The van der Waals surface area contributed by atoms with Gasteiger partial charge in [0.05, 0.1) is 12.2 Å². The van der Waals surface area contributed by atoms with Gasteiger partial charge in [0.25, 0.3) is 0 Å². The summed E-state index contributed by atoms with van der Waals surface area (Å²) < 4.78 is 5.78. The molecule has 25 heavy (non-hydrogen) atoms. The van der Waals surface area contributed by atoms with Crippen molar-refractivity contribution in [1.82, 2.24) is 0 Å². The molecule has 1 saturated heterocycles. The second kappa shape index (κ2) is 15.4. The minimum absolute atomic E-state index is 0.333. The van der Waals surface area contributed by atoms with Crippen molar-refractivity contribution in [2.75, 3.05) is 0 Å². The fraction of sp³-hybridized carbons (Fsp3) is 0.864. The van der Waals surface area contributed by atoms with Crippen LogP contribution in [0.1, 0.15) is 110 Å². The number of ether oxygens (including phenoxy) is 1. The summed E-state index contributed by atoms with van der Waals surface area (Å²) in [5.41, 5.74) is 0. The number of hydrogen-bond acceptors (Lipinski definition) is 2. The van der Waals surface area contributed by atoms with E-state index >= 15 is 0 Å². The Bertz CT molecular complexity index is 351. The van der Waals surface area contributed by atoms with Crippen molar-refractivity contribution in [3.63, 3.8) is 0 Å². The van der Waals surface area contributed by atoms with Gasteiger partial charge in [-0.15, -0.1) is 0 Å². The van der Waals surface area contributed by atoms with Crippen LogP contribution in [0.4, 0.5) is 0 Å². The Hall–Kier alpha value is -0.830. The molecule has 0 bridgehead atoms. The fourth-order valence-corrected chi connectivity index (χ4v) is 3.44. The van der Waals surface area contributed by atoms with Crippen LogP contribution in [0, 0.1) is 0 Å². The van der Waals surface area contributed by atoms with Crippen LogP contribution in [0.3, 0.4) is 0 Å². The van der Waals surface area contributed by atoms with Gasteiger partial charge in [-0.1, -0.05) is 76.9 Å². The van der Waals surface area contributed by atoms with Crippen LogP contribution < -0.4 is 0 Å². The van der Waals surface area contributed by atoms with E-state index in [1.165, 1.54) is 77.0 Å². The van der Waals surface area contributed by atoms with E-state index < -0.39 is 5.97 Å². The first-order chi connectivity index (χ1) is 12.2. The Morgan fingerprint density at radius 1 is 0.800 bits per heavy atom. The molecular weight excluding hydrogens is 312 g/mol. The lowest BCUT2D eigenvalue weighted by Crippen LogP contribution is -1.94. The molecule has 0 aromatic heterocycles. The minimum atomic E-state index is -0.661. The molecule has 1 fully saturated rings. The molecule has 2 atom stereocenters. The quantitative estimate of drug-likeness (QED) is 0.170. The van der Waals surface area contributed by atoms with Gasteiger partial charge in [0.2, 0.25) is 0 Å². The Balaban J connectivity index is 1.74. The highest BCUT2D eigenvalue weighted by Crippen LogP contribution is 2.31. The van der Waals surface area contributed by atoms with Crippen LogP contribution in [0.15, 0.2) is 12.2 Å². The van der Waals surface area contributed by atoms with E-state index in [-0.39, 0.29) is 0 Å². The summed E-state index contributed by atoms with van der Waals surface area (Å²) in [5, 5.41) is 8.57. The van der Waals surface area contributed by atoms with Gasteiger partial charge in [0, 0.05) is 6.42 Å². The number of hydrogen-bond donors (Lipinski definition) is 1. The van der Waals surface area contributed by atoms with Crippen molar-refractivity contribution in [2.45, 2.75) is 122 Å². The third-order valence-corrected chi connectivity index (χ3v) is 5.08. The minimum Gasteiger partial charge on any atom is -0.481 e. The highest BCUT2D eigenvalue weighted by atomic mass is 16.6. The molecule has 0 radical (unpaired) electrons. The second-order valence-electron chi connectivity index (χ2n) is 7.49. The van der Waals surface area contributed by atoms with Crippen molar-refractivity contribution >= 4 is 5.97 Å². The van der Waals surface area contributed by atoms with Gasteiger partial charge < -0.3 is 9.84 Å². The molecular formula is C22H40O3. The second-order valence-corrected chi connectivity index (χ2v) is 7.49. The van der Waals surface area contributed by atoms with E-state index in [9.17, 15) is 4.79 Å². The molecule has 146 valence electrons. The van der Waals surface area contributed by atoms with E-state index in [0.717, 1.165) is 19.3 Å². The lowest BCUT2D eigenvalue weighted by molar-refractivity contribution is -0.137.